The summed E-state index contributed by atoms with van der Waals surface area (Å²) in [5.41, 5.74) is 8.60. The molecular formula is C11H11N3S. The lowest BCUT2D eigenvalue weighted by molar-refractivity contribution is 1.08. The third-order valence-electron chi connectivity index (χ3n) is 1.96. The summed E-state index contributed by atoms with van der Waals surface area (Å²) in [5.74, 6) is 0.573. The summed E-state index contributed by atoms with van der Waals surface area (Å²) in [6.07, 6.45) is 1.81. The summed E-state index contributed by atoms with van der Waals surface area (Å²) in [6, 6.07) is 9.76. The van der Waals surface area contributed by atoms with Crippen LogP contribution in [0.2, 0.25) is 0 Å². The van der Waals surface area contributed by atoms with E-state index in [4.69, 9.17) is 5.73 Å². The van der Waals surface area contributed by atoms with Gasteiger partial charge in [-0.15, -0.1) is 11.3 Å². The standard InChI is InChI=1S/C11H11N3S/c12-11(9-4-2-1-3-5-9)14-7-10-6-13-8-15-10/h1-6,8H,7H2,(H2,12,14). The van der Waals surface area contributed by atoms with Crippen LogP contribution in [0.3, 0.4) is 0 Å². The maximum Gasteiger partial charge on any atom is 0.125 e. The van der Waals surface area contributed by atoms with Crippen molar-refractivity contribution in [2.75, 3.05) is 0 Å². The lowest BCUT2D eigenvalue weighted by Gasteiger charge is -1.99. The zero-order valence-electron chi connectivity index (χ0n) is 8.13. The Hall–Kier alpha value is -1.68. The fourth-order valence-electron chi connectivity index (χ4n) is 1.18. The average molecular weight is 217 g/mol. The summed E-state index contributed by atoms with van der Waals surface area (Å²) in [6.45, 7) is 0.603. The number of nitrogens with zero attached hydrogens (tertiary/aromatic N) is 2. The first-order chi connectivity index (χ1) is 7.36. The summed E-state index contributed by atoms with van der Waals surface area (Å²) in [7, 11) is 0. The van der Waals surface area contributed by atoms with Crippen LogP contribution in [0.4, 0.5) is 0 Å². The summed E-state index contributed by atoms with van der Waals surface area (Å²) >= 11 is 1.59. The van der Waals surface area contributed by atoms with Crippen molar-refractivity contribution in [2.24, 2.45) is 10.7 Å². The Morgan fingerprint density at radius 2 is 2.13 bits per heavy atom. The Kier molecular flexibility index (Phi) is 3.09. The van der Waals surface area contributed by atoms with Crippen molar-refractivity contribution in [3.8, 4) is 0 Å². The molecule has 0 radical (unpaired) electrons. The number of aromatic nitrogens is 1. The van der Waals surface area contributed by atoms with Gasteiger partial charge >= 0.3 is 0 Å². The van der Waals surface area contributed by atoms with E-state index < -0.39 is 0 Å². The molecule has 0 bridgehead atoms. The van der Waals surface area contributed by atoms with Gasteiger partial charge in [0.05, 0.1) is 12.1 Å². The zero-order chi connectivity index (χ0) is 10.5. The van der Waals surface area contributed by atoms with Gasteiger partial charge in [0, 0.05) is 16.6 Å². The summed E-state index contributed by atoms with van der Waals surface area (Å²) < 4.78 is 0. The number of aliphatic imine (C=N–C) groups is 1. The second kappa shape index (κ2) is 4.70. The third-order valence-corrected chi connectivity index (χ3v) is 2.72. The molecule has 0 spiro atoms. The second-order valence-corrected chi connectivity index (χ2v) is 4.01. The molecule has 0 aliphatic heterocycles. The number of rotatable bonds is 3. The van der Waals surface area contributed by atoms with Crippen molar-refractivity contribution in [3.63, 3.8) is 0 Å². The van der Waals surface area contributed by atoms with Crippen LogP contribution >= 0.6 is 11.3 Å². The predicted molar refractivity (Wildman–Crippen MR) is 63.0 cm³/mol. The molecule has 2 N–H and O–H groups in total. The SMILES string of the molecule is NC(=NCc1cncs1)c1ccccc1. The second-order valence-electron chi connectivity index (χ2n) is 3.04. The highest BCUT2D eigenvalue weighted by Gasteiger charge is 1.97. The van der Waals surface area contributed by atoms with Crippen LogP contribution in [0.25, 0.3) is 0 Å². The predicted octanol–water partition coefficient (Wildman–Crippen LogP) is 2.05. The van der Waals surface area contributed by atoms with E-state index in [1.54, 1.807) is 16.8 Å². The van der Waals surface area contributed by atoms with Gasteiger partial charge in [0.15, 0.2) is 0 Å². The number of hydrogen-bond acceptors (Lipinski definition) is 3. The minimum atomic E-state index is 0.573. The molecule has 0 saturated carbocycles. The number of thiazole rings is 1. The van der Waals surface area contributed by atoms with Gasteiger partial charge in [-0.1, -0.05) is 30.3 Å². The van der Waals surface area contributed by atoms with Gasteiger partial charge in [0.25, 0.3) is 0 Å². The van der Waals surface area contributed by atoms with Crippen LogP contribution < -0.4 is 5.73 Å². The van der Waals surface area contributed by atoms with Gasteiger partial charge in [-0.3, -0.25) is 9.98 Å². The maximum absolute atomic E-state index is 5.85. The molecule has 0 aliphatic rings. The summed E-state index contributed by atoms with van der Waals surface area (Å²) in [5, 5.41) is 0. The molecular weight excluding hydrogens is 206 g/mol. The Balaban J connectivity index is 2.08. The number of hydrogen-bond donors (Lipinski definition) is 1. The third kappa shape index (κ3) is 2.63. The smallest absolute Gasteiger partial charge is 0.125 e. The van der Waals surface area contributed by atoms with Crippen LogP contribution in [-0.4, -0.2) is 10.8 Å². The molecule has 4 heteroatoms. The van der Waals surface area contributed by atoms with Crippen molar-refractivity contribution in [3.05, 3.63) is 52.5 Å². The van der Waals surface area contributed by atoms with Crippen LogP contribution in [0.5, 0.6) is 0 Å². The van der Waals surface area contributed by atoms with E-state index in [1.165, 1.54) is 0 Å². The van der Waals surface area contributed by atoms with E-state index in [-0.39, 0.29) is 0 Å². The molecule has 0 fully saturated rings. The Morgan fingerprint density at radius 3 is 2.80 bits per heavy atom. The minimum absolute atomic E-state index is 0.573. The molecule has 0 unspecified atom stereocenters. The molecule has 15 heavy (non-hydrogen) atoms. The van der Waals surface area contributed by atoms with Gasteiger partial charge < -0.3 is 5.73 Å². The highest BCUT2D eigenvalue weighted by Crippen LogP contribution is 2.07. The molecule has 76 valence electrons. The van der Waals surface area contributed by atoms with Crippen LogP contribution in [0.15, 0.2) is 47.0 Å². The molecule has 1 heterocycles. The van der Waals surface area contributed by atoms with Crippen LogP contribution in [0, 0.1) is 0 Å². The van der Waals surface area contributed by atoms with Gasteiger partial charge in [-0.25, -0.2) is 0 Å². The molecule has 1 aromatic heterocycles. The first-order valence-corrected chi connectivity index (χ1v) is 5.47. The van der Waals surface area contributed by atoms with Gasteiger partial charge in [0.1, 0.15) is 5.84 Å². The quantitative estimate of drug-likeness (QED) is 0.632. The molecule has 3 nitrogen and oxygen atoms in total. The van der Waals surface area contributed by atoms with Gasteiger partial charge in [0.2, 0.25) is 0 Å². The topological polar surface area (TPSA) is 51.3 Å². The van der Waals surface area contributed by atoms with Crippen molar-refractivity contribution in [1.29, 1.82) is 0 Å². The first kappa shape index (κ1) is 9.86. The molecule has 2 rings (SSSR count). The van der Waals surface area contributed by atoms with E-state index >= 15 is 0 Å². The highest BCUT2D eigenvalue weighted by atomic mass is 32.1. The van der Waals surface area contributed by atoms with E-state index in [2.05, 4.69) is 9.98 Å². The van der Waals surface area contributed by atoms with Crippen LogP contribution in [-0.2, 0) is 6.54 Å². The molecule has 0 atom stereocenters. The largest absolute Gasteiger partial charge is 0.383 e. The molecule has 0 amide bonds. The molecule has 0 aliphatic carbocycles. The molecule has 2 aromatic rings. The first-order valence-electron chi connectivity index (χ1n) is 4.59. The van der Waals surface area contributed by atoms with E-state index in [9.17, 15) is 0 Å². The van der Waals surface area contributed by atoms with Crippen LogP contribution in [0.1, 0.15) is 10.4 Å². The Labute approximate surface area is 92.3 Å². The van der Waals surface area contributed by atoms with E-state index in [0.717, 1.165) is 10.4 Å². The zero-order valence-corrected chi connectivity index (χ0v) is 8.95. The Morgan fingerprint density at radius 1 is 1.33 bits per heavy atom. The van der Waals surface area contributed by atoms with Crippen molar-refractivity contribution >= 4 is 17.2 Å². The maximum atomic E-state index is 5.85. The fraction of sp³-hybridized carbons (Fsp3) is 0.0909. The number of nitrogens with two attached hydrogens (primary N) is 1. The van der Waals surface area contributed by atoms with E-state index in [0.29, 0.717) is 12.4 Å². The molecule has 0 saturated heterocycles. The lowest BCUT2D eigenvalue weighted by Crippen LogP contribution is -2.13. The van der Waals surface area contributed by atoms with Gasteiger partial charge in [-0.2, -0.15) is 0 Å². The van der Waals surface area contributed by atoms with Gasteiger partial charge in [-0.05, 0) is 0 Å². The Bertz CT molecular complexity index is 434. The normalized spacial score (nSPS) is 11.6. The van der Waals surface area contributed by atoms with E-state index in [1.807, 2.05) is 36.5 Å². The fourth-order valence-corrected chi connectivity index (χ4v) is 1.70. The average Bonchev–Trinajstić information content (AvgIpc) is 2.80. The lowest BCUT2D eigenvalue weighted by atomic mass is 10.2. The number of amidine groups is 1. The van der Waals surface area contributed by atoms with Crippen molar-refractivity contribution in [1.82, 2.24) is 4.98 Å². The van der Waals surface area contributed by atoms with Crippen molar-refractivity contribution in [2.45, 2.75) is 6.54 Å². The summed E-state index contributed by atoms with van der Waals surface area (Å²) in [4.78, 5) is 9.40. The highest BCUT2D eigenvalue weighted by molar-refractivity contribution is 7.09. The monoisotopic (exact) mass is 217 g/mol. The van der Waals surface area contributed by atoms with Crippen molar-refractivity contribution < 1.29 is 0 Å². The minimum Gasteiger partial charge on any atom is -0.383 e. The molecule has 1 aromatic carbocycles. The number of benzene rings is 1.